The third-order valence-electron chi connectivity index (χ3n) is 3.57. The van der Waals surface area contributed by atoms with Crippen molar-refractivity contribution in [3.63, 3.8) is 0 Å². The van der Waals surface area contributed by atoms with Crippen molar-refractivity contribution in [3.05, 3.63) is 48.3 Å². The van der Waals surface area contributed by atoms with Crippen LogP contribution in [0.25, 0.3) is 5.69 Å². The van der Waals surface area contributed by atoms with Gasteiger partial charge in [0.15, 0.2) is 0 Å². The number of carbonyl (C=O) groups excluding carboxylic acids is 1. The number of ether oxygens (including phenoxy) is 1. The largest absolute Gasteiger partial charge is 0.376 e. The van der Waals surface area contributed by atoms with Crippen molar-refractivity contribution in [2.45, 2.75) is 25.4 Å². The molecule has 2 heterocycles. The van der Waals surface area contributed by atoms with Gasteiger partial charge in [-0.2, -0.15) is 5.10 Å². The van der Waals surface area contributed by atoms with E-state index in [0.29, 0.717) is 13.0 Å². The van der Waals surface area contributed by atoms with Crippen molar-refractivity contribution < 1.29 is 9.53 Å². The summed E-state index contributed by atoms with van der Waals surface area (Å²) in [6, 6.07) is 9.85. The molecule has 1 aromatic carbocycles. The average molecular weight is 285 g/mol. The summed E-state index contributed by atoms with van der Waals surface area (Å²) in [5, 5.41) is 7.21. The fourth-order valence-corrected chi connectivity index (χ4v) is 2.45. The highest BCUT2D eigenvalue weighted by Crippen LogP contribution is 2.11. The lowest BCUT2D eigenvalue weighted by atomic mass is 10.2. The van der Waals surface area contributed by atoms with Crippen molar-refractivity contribution in [2.24, 2.45) is 0 Å². The standard InChI is InChI=1S/C16H19N3O2/c20-16(17-11-15-7-4-8-21-15)9-13-10-18-19(12-13)14-5-2-1-3-6-14/h1-3,5-6,10,12,15H,4,7-9,11H2,(H,17,20). The molecule has 5 nitrogen and oxygen atoms in total. The van der Waals surface area contributed by atoms with Crippen LogP contribution < -0.4 is 5.32 Å². The van der Waals surface area contributed by atoms with Crippen molar-refractivity contribution in [1.82, 2.24) is 15.1 Å². The summed E-state index contributed by atoms with van der Waals surface area (Å²) in [6.45, 7) is 1.41. The molecule has 0 saturated carbocycles. The Balaban J connectivity index is 1.53. The zero-order chi connectivity index (χ0) is 14.5. The molecule has 1 amide bonds. The Labute approximate surface area is 123 Å². The molecule has 3 rings (SSSR count). The van der Waals surface area contributed by atoms with Gasteiger partial charge in [-0.1, -0.05) is 18.2 Å². The maximum atomic E-state index is 11.9. The highest BCUT2D eigenvalue weighted by molar-refractivity contribution is 5.78. The van der Waals surface area contributed by atoms with Gasteiger partial charge < -0.3 is 10.1 Å². The second-order valence-electron chi connectivity index (χ2n) is 5.24. The zero-order valence-corrected chi connectivity index (χ0v) is 11.9. The SMILES string of the molecule is O=C(Cc1cnn(-c2ccccc2)c1)NCC1CCCO1. The van der Waals surface area contributed by atoms with Gasteiger partial charge in [0.05, 0.1) is 24.4 Å². The molecule has 5 heteroatoms. The Hall–Kier alpha value is -2.14. The van der Waals surface area contributed by atoms with Gasteiger partial charge >= 0.3 is 0 Å². The molecule has 1 atom stereocenters. The van der Waals surface area contributed by atoms with Gasteiger partial charge in [-0.25, -0.2) is 4.68 Å². The molecule has 1 aliphatic rings. The third kappa shape index (κ3) is 3.70. The number of benzene rings is 1. The van der Waals surface area contributed by atoms with Gasteiger partial charge in [-0.15, -0.1) is 0 Å². The van der Waals surface area contributed by atoms with Crippen LogP contribution in [0.2, 0.25) is 0 Å². The van der Waals surface area contributed by atoms with Crippen LogP contribution in [0, 0.1) is 0 Å². The zero-order valence-electron chi connectivity index (χ0n) is 11.9. The molecule has 2 aromatic rings. The van der Waals surface area contributed by atoms with Crippen molar-refractivity contribution in [3.8, 4) is 5.69 Å². The number of para-hydroxylation sites is 1. The van der Waals surface area contributed by atoms with Crippen LogP contribution >= 0.6 is 0 Å². The number of hydrogen-bond donors (Lipinski definition) is 1. The molecule has 1 saturated heterocycles. The van der Waals surface area contributed by atoms with Gasteiger partial charge in [-0.05, 0) is 30.5 Å². The highest BCUT2D eigenvalue weighted by Gasteiger charge is 2.16. The number of carbonyl (C=O) groups is 1. The minimum absolute atomic E-state index is 0.0121. The molecular formula is C16H19N3O2. The Kier molecular flexibility index (Phi) is 4.31. The molecule has 1 N–H and O–H groups in total. The first-order valence-corrected chi connectivity index (χ1v) is 7.28. The Morgan fingerprint density at radius 3 is 3.00 bits per heavy atom. The minimum atomic E-state index is 0.0121. The van der Waals surface area contributed by atoms with E-state index < -0.39 is 0 Å². The summed E-state index contributed by atoms with van der Waals surface area (Å²) >= 11 is 0. The molecule has 1 aromatic heterocycles. The summed E-state index contributed by atoms with van der Waals surface area (Å²) in [5.41, 5.74) is 1.90. The van der Waals surface area contributed by atoms with E-state index in [4.69, 9.17) is 4.74 Å². The number of amides is 1. The molecular weight excluding hydrogens is 266 g/mol. The predicted molar refractivity (Wildman–Crippen MR) is 79.3 cm³/mol. The predicted octanol–water partition coefficient (Wildman–Crippen LogP) is 1.71. The number of rotatable bonds is 5. The maximum Gasteiger partial charge on any atom is 0.224 e. The first-order valence-electron chi connectivity index (χ1n) is 7.28. The summed E-state index contributed by atoms with van der Waals surface area (Å²) in [4.78, 5) is 11.9. The van der Waals surface area contributed by atoms with Gasteiger partial charge in [0.25, 0.3) is 0 Å². The number of aromatic nitrogens is 2. The molecule has 110 valence electrons. The number of nitrogens with zero attached hydrogens (tertiary/aromatic N) is 2. The highest BCUT2D eigenvalue weighted by atomic mass is 16.5. The smallest absolute Gasteiger partial charge is 0.224 e. The van der Waals surface area contributed by atoms with Crippen molar-refractivity contribution in [1.29, 1.82) is 0 Å². The molecule has 1 unspecified atom stereocenters. The first-order chi connectivity index (χ1) is 10.3. The Morgan fingerprint density at radius 2 is 2.24 bits per heavy atom. The molecule has 1 fully saturated rings. The Morgan fingerprint density at radius 1 is 1.38 bits per heavy atom. The lowest BCUT2D eigenvalue weighted by Gasteiger charge is -2.10. The summed E-state index contributed by atoms with van der Waals surface area (Å²) < 4.78 is 7.26. The van der Waals surface area contributed by atoms with E-state index in [2.05, 4.69) is 10.4 Å². The fraction of sp³-hybridized carbons (Fsp3) is 0.375. The van der Waals surface area contributed by atoms with E-state index in [1.165, 1.54) is 0 Å². The molecule has 0 radical (unpaired) electrons. The van der Waals surface area contributed by atoms with E-state index in [9.17, 15) is 4.79 Å². The van der Waals surface area contributed by atoms with Crippen molar-refractivity contribution >= 4 is 5.91 Å². The van der Waals surface area contributed by atoms with Crippen LogP contribution in [-0.2, 0) is 16.0 Å². The quantitative estimate of drug-likeness (QED) is 0.910. The number of hydrogen-bond acceptors (Lipinski definition) is 3. The van der Waals surface area contributed by atoms with E-state index in [0.717, 1.165) is 30.7 Å². The molecule has 0 aliphatic carbocycles. The van der Waals surface area contributed by atoms with E-state index in [1.54, 1.807) is 10.9 Å². The number of nitrogens with one attached hydrogen (secondary N) is 1. The van der Waals surface area contributed by atoms with Gasteiger partial charge in [-0.3, -0.25) is 4.79 Å². The average Bonchev–Trinajstić information content (AvgIpc) is 3.17. The van der Waals surface area contributed by atoms with Crippen LogP contribution in [0.5, 0.6) is 0 Å². The normalized spacial score (nSPS) is 17.8. The molecule has 0 spiro atoms. The van der Waals surface area contributed by atoms with Crippen LogP contribution in [-0.4, -0.2) is 34.9 Å². The van der Waals surface area contributed by atoms with Crippen LogP contribution in [0.1, 0.15) is 18.4 Å². The van der Waals surface area contributed by atoms with Crippen LogP contribution in [0.3, 0.4) is 0 Å². The first kappa shape index (κ1) is 13.8. The van der Waals surface area contributed by atoms with Crippen LogP contribution in [0.4, 0.5) is 0 Å². The minimum Gasteiger partial charge on any atom is -0.376 e. The Bertz CT molecular complexity index is 589. The van der Waals surface area contributed by atoms with E-state index in [-0.39, 0.29) is 12.0 Å². The summed E-state index contributed by atoms with van der Waals surface area (Å²) in [5.74, 6) is 0.0121. The van der Waals surface area contributed by atoms with E-state index in [1.807, 2.05) is 36.5 Å². The lowest BCUT2D eigenvalue weighted by Crippen LogP contribution is -2.32. The topological polar surface area (TPSA) is 56.2 Å². The molecule has 21 heavy (non-hydrogen) atoms. The fourth-order valence-electron chi connectivity index (χ4n) is 2.45. The second-order valence-corrected chi connectivity index (χ2v) is 5.24. The summed E-state index contributed by atoms with van der Waals surface area (Å²) in [7, 11) is 0. The van der Waals surface area contributed by atoms with Gasteiger partial charge in [0, 0.05) is 19.3 Å². The summed E-state index contributed by atoms with van der Waals surface area (Å²) in [6.07, 6.45) is 6.27. The lowest BCUT2D eigenvalue weighted by molar-refractivity contribution is -0.120. The van der Waals surface area contributed by atoms with Gasteiger partial charge in [0.2, 0.25) is 5.91 Å². The second kappa shape index (κ2) is 6.54. The molecule has 1 aliphatic heterocycles. The third-order valence-corrected chi connectivity index (χ3v) is 3.57. The molecule has 0 bridgehead atoms. The van der Waals surface area contributed by atoms with Gasteiger partial charge in [0.1, 0.15) is 0 Å². The van der Waals surface area contributed by atoms with Crippen LogP contribution in [0.15, 0.2) is 42.7 Å². The van der Waals surface area contributed by atoms with Crippen molar-refractivity contribution in [2.75, 3.05) is 13.2 Å². The maximum absolute atomic E-state index is 11.9. The van der Waals surface area contributed by atoms with E-state index >= 15 is 0 Å². The monoisotopic (exact) mass is 285 g/mol.